The maximum absolute atomic E-state index is 11.9. The smallest absolute Gasteiger partial charge is 0.335 e. The number of aliphatic hydroxyl groups excluding tert-OH is 1. The molecule has 0 saturated heterocycles. The second-order valence-electron chi connectivity index (χ2n) is 4.30. The zero-order valence-electron chi connectivity index (χ0n) is 10.5. The number of hydrogen-bond donors (Lipinski definition) is 3. The van der Waals surface area contributed by atoms with Crippen LogP contribution in [0.15, 0.2) is 29.2 Å². The van der Waals surface area contributed by atoms with Crippen LogP contribution in [0.2, 0.25) is 0 Å². The molecule has 1 rings (SSSR count). The monoisotopic (exact) mass is 287 g/mol. The van der Waals surface area contributed by atoms with Gasteiger partial charge in [-0.05, 0) is 36.6 Å². The van der Waals surface area contributed by atoms with Gasteiger partial charge in [-0.15, -0.1) is 0 Å². The summed E-state index contributed by atoms with van der Waals surface area (Å²) >= 11 is 0. The predicted molar refractivity (Wildman–Crippen MR) is 69.5 cm³/mol. The molecule has 1 atom stereocenters. The van der Waals surface area contributed by atoms with Crippen LogP contribution in [0, 0.1) is 5.92 Å². The summed E-state index contributed by atoms with van der Waals surface area (Å²) < 4.78 is 26.2. The summed E-state index contributed by atoms with van der Waals surface area (Å²) in [6, 6.07) is 4.99. The Kier molecular flexibility index (Phi) is 5.46. The van der Waals surface area contributed by atoms with Gasteiger partial charge in [0, 0.05) is 13.2 Å². The number of aliphatic hydroxyl groups is 1. The van der Waals surface area contributed by atoms with Crippen LogP contribution in [0.25, 0.3) is 0 Å². The summed E-state index contributed by atoms with van der Waals surface area (Å²) in [6.45, 7) is 2.06. The minimum Gasteiger partial charge on any atom is -0.478 e. The average molecular weight is 287 g/mol. The van der Waals surface area contributed by atoms with Gasteiger partial charge in [0.1, 0.15) is 0 Å². The normalized spacial score (nSPS) is 13.2. The zero-order chi connectivity index (χ0) is 14.5. The highest BCUT2D eigenvalue weighted by Gasteiger charge is 2.15. The highest BCUT2D eigenvalue weighted by atomic mass is 32.2. The lowest BCUT2D eigenvalue weighted by molar-refractivity contribution is 0.0696. The van der Waals surface area contributed by atoms with E-state index < -0.39 is 16.0 Å². The molecular weight excluding hydrogens is 270 g/mol. The summed E-state index contributed by atoms with van der Waals surface area (Å²) in [4.78, 5) is 10.7. The Labute approximate surface area is 112 Å². The van der Waals surface area contributed by atoms with Crippen LogP contribution >= 0.6 is 0 Å². The number of rotatable bonds is 7. The fourth-order valence-corrected chi connectivity index (χ4v) is 2.60. The van der Waals surface area contributed by atoms with Gasteiger partial charge >= 0.3 is 5.97 Å². The molecule has 0 saturated carbocycles. The first-order chi connectivity index (χ1) is 8.86. The molecule has 1 unspecified atom stereocenters. The summed E-state index contributed by atoms with van der Waals surface area (Å²) in [5, 5.41) is 17.5. The lowest BCUT2D eigenvalue weighted by Crippen LogP contribution is -2.28. The fourth-order valence-electron chi connectivity index (χ4n) is 1.43. The van der Waals surface area contributed by atoms with E-state index in [0.29, 0.717) is 6.42 Å². The van der Waals surface area contributed by atoms with E-state index in [1.54, 1.807) is 0 Å². The van der Waals surface area contributed by atoms with Crippen LogP contribution in [0.1, 0.15) is 23.7 Å². The highest BCUT2D eigenvalue weighted by Crippen LogP contribution is 2.11. The molecule has 0 heterocycles. The van der Waals surface area contributed by atoms with E-state index in [1.165, 1.54) is 24.3 Å². The van der Waals surface area contributed by atoms with E-state index in [9.17, 15) is 13.2 Å². The van der Waals surface area contributed by atoms with Gasteiger partial charge in [-0.2, -0.15) is 0 Å². The third-order valence-electron chi connectivity index (χ3n) is 2.66. The number of carboxylic acid groups (broad SMARTS) is 1. The van der Waals surface area contributed by atoms with Gasteiger partial charge in [0.15, 0.2) is 0 Å². The predicted octanol–water partition coefficient (Wildman–Crippen LogP) is 0.682. The second kappa shape index (κ2) is 6.65. The Morgan fingerprint density at radius 1 is 1.32 bits per heavy atom. The number of sulfonamides is 1. The van der Waals surface area contributed by atoms with E-state index in [-0.39, 0.29) is 29.5 Å². The summed E-state index contributed by atoms with van der Waals surface area (Å²) in [5.74, 6) is -1.08. The largest absolute Gasteiger partial charge is 0.478 e. The molecule has 0 radical (unpaired) electrons. The lowest BCUT2D eigenvalue weighted by Gasteiger charge is -2.11. The van der Waals surface area contributed by atoms with Gasteiger partial charge in [-0.1, -0.05) is 6.92 Å². The van der Waals surface area contributed by atoms with E-state index in [1.807, 2.05) is 6.92 Å². The third-order valence-corrected chi connectivity index (χ3v) is 4.09. The van der Waals surface area contributed by atoms with Gasteiger partial charge in [0.25, 0.3) is 0 Å². The molecule has 0 aliphatic carbocycles. The molecule has 6 nitrogen and oxygen atoms in total. The molecule has 19 heavy (non-hydrogen) atoms. The van der Waals surface area contributed by atoms with Crippen molar-refractivity contribution < 1.29 is 23.4 Å². The molecule has 106 valence electrons. The summed E-state index contributed by atoms with van der Waals surface area (Å²) in [5.41, 5.74) is 0.0348. The summed E-state index contributed by atoms with van der Waals surface area (Å²) in [6.07, 6.45) is 0.514. The minimum atomic E-state index is -3.64. The van der Waals surface area contributed by atoms with Gasteiger partial charge in [0.05, 0.1) is 10.5 Å². The van der Waals surface area contributed by atoms with E-state index in [0.717, 1.165) is 0 Å². The number of hydrogen-bond acceptors (Lipinski definition) is 4. The molecule has 0 fully saturated rings. The Bertz CT molecular complexity index is 524. The number of benzene rings is 1. The molecule has 0 amide bonds. The van der Waals surface area contributed by atoms with E-state index in [4.69, 9.17) is 10.2 Å². The quantitative estimate of drug-likeness (QED) is 0.684. The molecule has 0 spiro atoms. The SMILES string of the molecule is CC(CCO)CNS(=O)(=O)c1ccc(C(=O)O)cc1. The molecule has 1 aromatic carbocycles. The van der Waals surface area contributed by atoms with Crippen LogP contribution in [0.5, 0.6) is 0 Å². The van der Waals surface area contributed by atoms with E-state index >= 15 is 0 Å². The fraction of sp³-hybridized carbons (Fsp3) is 0.417. The van der Waals surface area contributed by atoms with Gasteiger partial charge in [0.2, 0.25) is 10.0 Å². The maximum atomic E-state index is 11.9. The van der Waals surface area contributed by atoms with Crippen molar-refractivity contribution in [1.29, 1.82) is 0 Å². The van der Waals surface area contributed by atoms with Crippen LogP contribution in [0.3, 0.4) is 0 Å². The molecule has 0 aromatic heterocycles. The molecule has 0 aliphatic rings. The Balaban J connectivity index is 2.74. The van der Waals surface area contributed by atoms with Crippen LogP contribution < -0.4 is 4.72 Å². The minimum absolute atomic E-state index is 0.0101. The molecule has 0 aliphatic heterocycles. The van der Waals surface area contributed by atoms with Crippen molar-refractivity contribution in [2.45, 2.75) is 18.2 Å². The third kappa shape index (κ3) is 4.62. The first kappa shape index (κ1) is 15.6. The van der Waals surface area contributed by atoms with Gasteiger partial charge in [-0.25, -0.2) is 17.9 Å². The number of aromatic carboxylic acids is 1. The molecular formula is C12H17NO5S. The van der Waals surface area contributed by atoms with Crippen LogP contribution in [0.4, 0.5) is 0 Å². The molecule has 3 N–H and O–H groups in total. The number of carboxylic acids is 1. The lowest BCUT2D eigenvalue weighted by atomic mass is 10.1. The van der Waals surface area contributed by atoms with Crippen molar-refractivity contribution in [3.63, 3.8) is 0 Å². The first-order valence-corrected chi connectivity index (χ1v) is 7.29. The Morgan fingerprint density at radius 3 is 2.37 bits per heavy atom. The molecule has 7 heteroatoms. The van der Waals surface area contributed by atoms with Gasteiger partial charge < -0.3 is 10.2 Å². The zero-order valence-corrected chi connectivity index (χ0v) is 11.4. The van der Waals surface area contributed by atoms with E-state index in [2.05, 4.69) is 4.72 Å². The van der Waals surface area contributed by atoms with Crippen LogP contribution in [-0.4, -0.2) is 37.8 Å². The van der Waals surface area contributed by atoms with Crippen molar-refractivity contribution in [2.75, 3.05) is 13.2 Å². The highest BCUT2D eigenvalue weighted by molar-refractivity contribution is 7.89. The topological polar surface area (TPSA) is 104 Å². The molecule has 1 aromatic rings. The van der Waals surface area contributed by atoms with Crippen molar-refractivity contribution in [3.8, 4) is 0 Å². The first-order valence-electron chi connectivity index (χ1n) is 5.80. The van der Waals surface area contributed by atoms with Crippen molar-refractivity contribution in [3.05, 3.63) is 29.8 Å². The standard InChI is InChI=1S/C12H17NO5S/c1-9(6-7-14)8-13-19(17,18)11-4-2-10(3-5-11)12(15)16/h2-5,9,13-14H,6-8H2,1H3,(H,15,16). The number of nitrogens with one attached hydrogen (secondary N) is 1. The maximum Gasteiger partial charge on any atom is 0.335 e. The second-order valence-corrected chi connectivity index (χ2v) is 6.07. The number of carbonyl (C=O) groups is 1. The average Bonchev–Trinajstić information content (AvgIpc) is 2.37. The van der Waals surface area contributed by atoms with Crippen molar-refractivity contribution in [1.82, 2.24) is 4.72 Å². The van der Waals surface area contributed by atoms with Gasteiger partial charge in [-0.3, -0.25) is 0 Å². The summed E-state index contributed by atoms with van der Waals surface area (Å²) in [7, 11) is -3.64. The Hall–Kier alpha value is -1.44. The molecule has 0 bridgehead atoms. The van der Waals surface area contributed by atoms with Crippen molar-refractivity contribution in [2.24, 2.45) is 5.92 Å². The van der Waals surface area contributed by atoms with Crippen molar-refractivity contribution >= 4 is 16.0 Å². The van der Waals surface area contributed by atoms with Crippen LogP contribution in [-0.2, 0) is 10.0 Å². The Morgan fingerprint density at radius 2 is 1.89 bits per heavy atom.